The number of ketones is 1. The minimum Gasteiger partial charge on any atom is -1.00 e. The summed E-state index contributed by atoms with van der Waals surface area (Å²) in [5.41, 5.74) is 1.41. The van der Waals surface area contributed by atoms with Crippen molar-refractivity contribution in [2.45, 2.75) is 18.9 Å². The van der Waals surface area contributed by atoms with Crippen LogP contribution in [-0.4, -0.2) is 44.5 Å². The first-order valence-electron chi connectivity index (χ1n) is 6.41. The van der Waals surface area contributed by atoms with Gasteiger partial charge >= 0.3 is 29.0 Å². The minimum atomic E-state index is -0.895. The third-order valence-electron chi connectivity index (χ3n) is 3.70. The molecular formula is C15H13Cl2MgNO3. The zero-order valence-electron chi connectivity index (χ0n) is 13.6. The molecule has 1 N–H and O–H groups in total. The third kappa shape index (κ3) is 2.90. The first kappa shape index (κ1) is 17.3. The van der Waals surface area contributed by atoms with Gasteiger partial charge in [-0.1, -0.05) is 23.2 Å². The molecule has 1 atom stereocenters. The first-order chi connectivity index (χ1) is 9.99. The first-order valence-corrected chi connectivity index (χ1v) is 7.16. The second-order valence-electron chi connectivity index (χ2n) is 4.93. The van der Waals surface area contributed by atoms with Crippen LogP contribution in [0.5, 0.6) is 0 Å². The second-order valence-corrected chi connectivity index (χ2v) is 5.78. The topological polar surface area (TPSA) is 59.3 Å². The molecule has 0 radical (unpaired) electrons. The average Bonchev–Trinajstić information content (AvgIpc) is 2.96. The van der Waals surface area contributed by atoms with Crippen LogP contribution in [0.2, 0.25) is 10.0 Å². The summed E-state index contributed by atoms with van der Waals surface area (Å²) >= 11 is 12.0. The number of hydrogen-bond donors (Lipinski definition) is 1. The van der Waals surface area contributed by atoms with E-state index in [-0.39, 0.29) is 36.7 Å². The molecule has 1 aromatic carbocycles. The summed E-state index contributed by atoms with van der Waals surface area (Å²) in [6.07, 6.45) is 0.475. The summed E-state index contributed by atoms with van der Waals surface area (Å²) in [6, 6.07) is 8.11. The Morgan fingerprint density at radius 2 is 1.86 bits per heavy atom. The molecule has 0 aliphatic carbocycles. The van der Waals surface area contributed by atoms with Crippen molar-refractivity contribution in [3.63, 3.8) is 0 Å². The fourth-order valence-electron chi connectivity index (χ4n) is 2.69. The molecule has 2 heterocycles. The molecule has 3 rings (SSSR count). The van der Waals surface area contributed by atoms with E-state index in [0.717, 1.165) is 0 Å². The van der Waals surface area contributed by atoms with Gasteiger partial charge in [-0.05, 0) is 36.8 Å². The van der Waals surface area contributed by atoms with Crippen molar-refractivity contribution in [3.05, 3.63) is 57.3 Å². The van der Waals surface area contributed by atoms with Crippen LogP contribution >= 0.6 is 23.2 Å². The third-order valence-corrected chi connectivity index (χ3v) is 4.24. The van der Waals surface area contributed by atoms with Crippen molar-refractivity contribution in [2.24, 2.45) is 0 Å². The van der Waals surface area contributed by atoms with E-state index in [1.807, 2.05) is 0 Å². The fraction of sp³-hybridized carbons (Fsp3) is 0.200. The van der Waals surface area contributed by atoms with E-state index >= 15 is 0 Å². The Kier molecular flexibility index (Phi) is 5.22. The Morgan fingerprint density at radius 3 is 2.45 bits per heavy atom. The van der Waals surface area contributed by atoms with Crippen LogP contribution in [0, 0.1) is 0 Å². The predicted octanol–water partition coefficient (Wildman–Crippen LogP) is 3.44. The Bertz CT molecular complexity index is 750. The smallest absolute Gasteiger partial charge is 1.00 e. The van der Waals surface area contributed by atoms with Gasteiger partial charge in [-0.2, -0.15) is 0 Å². The van der Waals surface area contributed by atoms with E-state index < -0.39 is 11.9 Å². The summed E-state index contributed by atoms with van der Waals surface area (Å²) < 4.78 is 1.71. The molecule has 0 saturated heterocycles. The summed E-state index contributed by atoms with van der Waals surface area (Å²) in [5.74, 6) is -1.73. The zero-order valence-corrected chi connectivity index (χ0v) is 14.5. The standard InChI is InChI=1S/C15H11Cl2NO3.Mg.2H/c16-9-3-1-8(2-4-9)14(19)13-11(17)7-12-10(15(20)21)5-6-18(12)13;;;/h1-4,7,10H,5-6H2,(H,20,21);;;/q;+2;2*-1. The van der Waals surface area contributed by atoms with Gasteiger partial charge in [0, 0.05) is 22.8 Å². The average molecular weight is 350 g/mol. The van der Waals surface area contributed by atoms with E-state index in [0.29, 0.717) is 34.9 Å². The van der Waals surface area contributed by atoms with Crippen LogP contribution in [0.1, 0.15) is 36.9 Å². The molecule has 22 heavy (non-hydrogen) atoms. The van der Waals surface area contributed by atoms with E-state index in [4.69, 9.17) is 23.2 Å². The molecule has 7 heteroatoms. The number of rotatable bonds is 3. The number of halogens is 2. The van der Waals surface area contributed by atoms with Crippen molar-refractivity contribution in [2.75, 3.05) is 0 Å². The maximum Gasteiger partial charge on any atom is 2.00 e. The molecule has 0 amide bonds. The van der Waals surface area contributed by atoms with Crippen LogP contribution in [-0.2, 0) is 11.3 Å². The van der Waals surface area contributed by atoms with Crippen LogP contribution in [0.25, 0.3) is 0 Å². The Morgan fingerprint density at radius 1 is 1.23 bits per heavy atom. The number of fused-ring (bicyclic) bond motifs is 1. The molecule has 0 spiro atoms. The molecule has 4 nitrogen and oxygen atoms in total. The SMILES string of the molecule is O=C(c1ccc(Cl)cc1)c1c(Cl)cc2n1CCC2C(=O)O.[H-].[H-].[Mg+2]. The summed E-state index contributed by atoms with van der Waals surface area (Å²) in [7, 11) is 0. The van der Waals surface area contributed by atoms with Crippen LogP contribution in [0.3, 0.4) is 0 Å². The number of hydrogen-bond acceptors (Lipinski definition) is 2. The number of carbonyl (C=O) groups excluding carboxylic acids is 1. The molecule has 2 aromatic rings. The molecule has 1 unspecified atom stereocenters. The zero-order chi connectivity index (χ0) is 15.1. The maximum atomic E-state index is 12.6. The van der Waals surface area contributed by atoms with Gasteiger partial charge in [0.2, 0.25) is 5.78 Å². The molecule has 0 saturated carbocycles. The number of carboxylic acids is 1. The molecule has 1 aliphatic heterocycles. The summed E-state index contributed by atoms with van der Waals surface area (Å²) in [5, 5.41) is 10.0. The van der Waals surface area contributed by atoms with E-state index in [9.17, 15) is 14.7 Å². The van der Waals surface area contributed by atoms with Gasteiger partial charge in [0.25, 0.3) is 0 Å². The minimum absolute atomic E-state index is 0. The van der Waals surface area contributed by atoms with Gasteiger partial charge in [0.1, 0.15) is 5.69 Å². The van der Waals surface area contributed by atoms with Crippen molar-refractivity contribution in [1.29, 1.82) is 0 Å². The number of benzene rings is 1. The van der Waals surface area contributed by atoms with E-state index in [1.54, 1.807) is 34.9 Å². The number of aromatic nitrogens is 1. The monoisotopic (exact) mass is 349 g/mol. The predicted molar refractivity (Wildman–Crippen MR) is 87.3 cm³/mol. The second kappa shape index (κ2) is 6.62. The van der Waals surface area contributed by atoms with Gasteiger partial charge in [0.05, 0.1) is 10.9 Å². The Labute approximate surface area is 156 Å². The van der Waals surface area contributed by atoms with Gasteiger partial charge < -0.3 is 12.5 Å². The fourth-order valence-corrected chi connectivity index (χ4v) is 3.11. The Hall–Kier alpha value is -1.01. The molecular weight excluding hydrogens is 337 g/mol. The van der Waals surface area contributed by atoms with Crippen LogP contribution in [0.4, 0.5) is 0 Å². The van der Waals surface area contributed by atoms with Crippen LogP contribution < -0.4 is 0 Å². The van der Waals surface area contributed by atoms with Crippen molar-refractivity contribution < 1.29 is 17.5 Å². The summed E-state index contributed by atoms with van der Waals surface area (Å²) in [4.78, 5) is 23.8. The largest absolute Gasteiger partial charge is 2.00 e. The van der Waals surface area contributed by atoms with E-state index in [2.05, 4.69) is 0 Å². The van der Waals surface area contributed by atoms with Gasteiger partial charge in [-0.3, -0.25) is 9.59 Å². The quantitative estimate of drug-likeness (QED) is 0.681. The van der Waals surface area contributed by atoms with E-state index in [1.165, 1.54) is 0 Å². The van der Waals surface area contributed by atoms with Gasteiger partial charge in [-0.15, -0.1) is 0 Å². The van der Waals surface area contributed by atoms with Gasteiger partial charge in [0.15, 0.2) is 0 Å². The molecule has 1 aromatic heterocycles. The molecule has 0 fully saturated rings. The number of aliphatic carboxylic acids is 1. The molecule has 1 aliphatic rings. The van der Waals surface area contributed by atoms with Crippen molar-refractivity contribution in [3.8, 4) is 0 Å². The van der Waals surface area contributed by atoms with Crippen molar-refractivity contribution >= 4 is 58.0 Å². The number of nitrogens with zero attached hydrogens (tertiary/aromatic N) is 1. The number of carboxylic acid groups (broad SMARTS) is 1. The summed E-state index contributed by atoms with van der Waals surface area (Å²) in [6.45, 7) is 0.480. The van der Waals surface area contributed by atoms with Crippen molar-refractivity contribution in [1.82, 2.24) is 4.57 Å². The van der Waals surface area contributed by atoms with Gasteiger partial charge in [-0.25, -0.2) is 0 Å². The molecule has 0 bridgehead atoms. The normalized spacial score (nSPS) is 16.0. The number of carbonyl (C=O) groups is 2. The Balaban J connectivity index is 0.00000176. The molecule has 112 valence electrons. The maximum absolute atomic E-state index is 12.6. The van der Waals surface area contributed by atoms with Crippen LogP contribution in [0.15, 0.2) is 30.3 Å².